The number of aliphatic hydroxyl groups is 1. The number of hydrogen-bond donors (Lipinski definition) is 1. The molecule has 0 saturated carbocycles. The van der Waals surface area contributed by atoms with Gasteiger partial charge < -0.3 is 24.0 Å². The lowest BCUT2D eigenvalue weighted by molar-refractivity contribution is 0.212. The molecule has 7 heteroatoms. The summed E-state index contributed by atoms with van der Waals surface area (Å²) in [6, 6.07) is 12.2. The topological polar surface area (TPSA) is 68.2 Å². The fraction of sp³-hybridized carbons (Fsp3) is 0.429. The van der Waals surface area contributed by atoms with Crippen LogP contribution in [0.3, 0.4) is 0 Å². The highest BCUT2D eigenvalue weighted by atomic mass is 31.2. The first-order valence-corrected chi connectivity index (χ1v) is 11.0. The molecule has 0 radical (unpaired) electrons. The zero-order chi connectivity index (χ0) is 20.7. The van der Waals surface area contributed by atoms with E-state index in [0.717, 1.165) is 18.5 Å². The van der Waals surface area contributed by atoms with E-state index in [-0.39, 0.29) is 0 Å². The van der Waals surface area contributed by atoms with Gasteiger partial charge in [0.25, 0.3) is 7.37 Å². The first kappa shape index (κ1) is 22.3. The van der Waals surface area contributed by atoms with Gasteiger partial charge in [0.2, 0.25) is 0 Å². The van der Waals surface area contributed by atoms with Crippen LogP contribution in [0.1, 0.15) is 31.2 Å². The van der Waals surface area contributed by atoms with Gasteiger partial charge in [0.1, 0.15) is 0 Å². The van der Waals surface area contributed by atoms with Crippen LogP contribution in [0.15, 0.2) is 42.5 Å². The summed E-state index contributed by atoms with van der Waals surface area (Å²) in [6.07, 6.45) is 1.67. The van der Waals surface area contributed by atoms with Crippen molar-refractivity contribution in [1.29, 1.82) is 0 Å². The van der Waals surface area contributed by atoms with E-state index in [1.165, 1.54) is 7.11 Å². The molecule has 0 bridgehead atoms. The van der Waals surface area contributed by atoms with Crippen LogP contribution < -0.4 is 19.7 Å². The molecule has 2 aromatic rings. The van der Waals surface area contributed by atoms with Crippen molar-refractivity contribution in [2.45, 2.75) is 25.6 Å². The molecule has 0 aliphatic rings. The summed E-state index contributed by atoms with van der Waals surface area (Å²) in [4.78, 5) is 1.96. The molecule has 28 heavy (non-hydrogen) atoms. The Hall–Kier alpha value is -2.01. The molecule has 0 spiro atoms. The molecular formula is C21H30NO5P. The van der Waals surface area contributed by atoms with Crippen molar-refractivity contribution in [2.75, 3.05) is 39.8 Å². The fourth-order valence-electron chi connectivity index (χ4n) is 2.80. The third-order valence-corrected chi connectivity index (χ3v) is 7.06. The van der Waals surface area contributed by atoms with Gasteiger partial charge in [0, 0.05) is 25.1 Å². The Bertz CT molecular complexity index is 807. The molecule has 0 amide bonds. The van der Waals surface area contributed by atoms with Gasteiger partial charge in [-0.25, -0.2) is 0 Å². The standard InChI is InChI=1S/C21H30NO5P/c1-6-7-14-27-28(24,18-11-9-17(10-12-18)22(2)3)21(23)16-8-13-19(25-4)20(15-16)26-5/h8-13,15,21,23H,6-7,14H2,1-5H3/t21-,28-/m0/s1. The van der Waals surface area contributed by atoms with E-state index in [1.54, 1.807) is 37.4 Å². The Balaban J connectivity index is 2.44. The molecule has 0 aliphatic heterocycles. The number of ether oxygens (including phenoxy) is 2. The molecule has 2 rings (SSSR count). The molecule has 1 N–H and O–H groups in total. The van der Waals surface area contributed by atoms with Crippen molar-refractivity contribution in [3.8, 4) is 11.5 Å². The maximum absolute atomic E-state index is 13.9. The van der Waals surface area contributed by atoms with Crippen LogP contribution in [-0.4, -0.2) is 40.0 Å². The number of hydrogen-bond acceptors (Lipinski definition) is 6. The summed E-state index contributed by atoms with van der Waals surface area (Å²) >= 11 is 0. The quantitative estimate of drug-likeness (QED) is 0.471. The minimum atomic E-state index is -3.58. The molecular weight excluding hydrogens is 377 g/mol. The van der Waals surface area contributed by atoms with E-state index < -0.39 is 13.2 Å². The summed E-state index contributed by atoms with van der Waals surface area (Å²) < 4.78 is 30.2. The molecule has 0 aromatic heterocycles. The van der Waals surface area contributed by atoms with Crippen molar-refractivity contribution in [3.63, 3.8) is 0 Å². The summed E-state index contributed by atoms with van der Waals surface area (Å²) in [7, 11) is 3.35. The third kappa shape index (κ3) is 4.88. The second-order valence-electron chi connectivity index (χ2n) is 6.68. The Morgan fingerprint density at radius 2 is 1.68 bits per heavy atom. The Labute approximate surface area is 167 Å². The zero-order valence-electron chi connectivity index (χ0n) is 17.2. The van der Waals surface area contributed by atoms with E-state index in [2.05, 4.69) is 0 Å². The summed E-state index contributed by atoms with van der Waals surface area (Å²) in [6.45, 7) is 2.35. The van der Waals surface area contributed by atoms with Crippen molar-refractivity contribution in [2.24, 2.45) is 0 Å². The Morgan fingerprint density at radius 1 is 1.04 bits per heavy atom. The number of anilines is 1. The summed E-state index contributed by atoms with van der Waals surface area (Å²) in [5.74, 6) is -0.313. The zero-order valence-corrected chi connectivity index (χ0v) is 18.1. The van der Waals surface area contributed by atoms with E-state index in [0.29, 0.717) is 29.0 Å². The van der Waals surface area contributed by atoms with Gasteiger partial charge in [-0.05, 0) is 48.4 Å². The lowest BCUT2D eigenvalue weighted by Crippen LogP contribution is -2.16. The van der Waals surface area contributed by atoms with Crippen molar-refractivity contribution >= 4 is 18.4 Å². The predicted molar refractivity (Wildman–Crippen MR) is 113 cm³/mol. The number of benzene rings is 2. The maximum atomic E-state index is 13.9. The van der Waals surface area contributed by atoms with Gasteiger partial charge >= 0.3 is 0 Å². The number of unbranched alkanes of at least 4 members (excludes halogenated alkanes) is 1. The van der Waals surface area contributed by atoms with Gasteiger partial charge in [-0.3, -0.25) is 4.57 Å². The average molecular weight is 407 g/mol. The largest absolute Gasteiger partial charge is 0.493 e. The van der Waals surface area contributed by atoms with Gasteiger partial charge in [-0.1, -0.05) is 19.4 Å². The van der Waals surface area contributed by atoms with Crippen LogP contribution in [0.4, 0.5) is 5.69 Å². The molecule has 0 unspecified atom stereocenters. The van der Waals surface area contributed by atoms with E-state index >= 15 is 0 Å². The first-order valence-electron chi connectivity index (χ1n) is 9.29. The SMILES string of the molecule is CCCCO[P@@](=O)(c1ccc(N(C)C)cc1)[C@H](O)c1ccc(OC)c(OC)c1. The lowest BCUT2D eigenvalue weighted by atomic mass is 10.2. The maximum Gasteiger partial charge on any atom is 0.264 e. The van der Waals surface area contributed by atoms with Gasteiger partial charge in [-0.2, -0.15) is 0 Å². The van der Waals surface area contributed by atoms with Crippen LogP contribution in [0.5, 0.6) is 11.5 Å². The summed E-state index contributed by atoms with van der Waals surface area (Å²) in [5.41, 5.74) is 1.43. The molecule has 2 aromatic carbocycles. The summed E-state index contributed by atoms with van der Waals surface area (Å²) in [5, 5.41) is 11.5. The highest BCUT2D eigenvalue weighted by Gasteiger charge is 2.36. The fourth-order valence-corrected chi connectivity index (χ4v) is 4.89. The van der Waals surface area contributed by atoms with Crippen LogP contribution in [0.25, 0.3) is 0 Å². The normalized spacial score (nSPS) is 14.2. The van der Waals surface area contributed by atoms with E-state index in [4.69, 9.17) is 14.0 Å². The van der Waals surface area contributed by atoms with Crippen LogP contribution in [-0.2, 0) is 9.09 Å². The average Bonchev–Trinajstić information content (AvgIpc) is 2.72. The van der Waals surface area contributed by atoms with Crippen molar-refractivity contribution < 1.29 is 23.7 Å². The second kappa shape index (κ2) is 9.97. The first-order chi connectivity index (χ1) is 13.4. The van der Waals surface area contributed by atoms with Crippen LogP contribution in [0, 0.1) is 0 Å². The Kier molecular flexibility index (Phi) is 7.93. The third-order valence-electron chi connectivity index (χ3n) is 4.53. The number of nitrogens with zero attached hydrogens (tertiary/aromatic N) is 1. The number of methoxy groups -OCH3 is 2. The minimum Gasteiger partial charge on any atom is -0.493 e. The van der Waals surface area contributed by atoms with Crippen molar-refractivity contribution in [1.82, 2.24) is 0 Å². The monoisotopic (exact) mass is 407 g/mol. The smallest absolute Gasteiger partial charge is 0.264 e. The number of aliphatic hydroxyl groups excluding tert-OH is 1. The highest BCUT2D eigenvalue weighted by Crippen LogP contribution is 2.58. The second-order valence-corrected chi connectivity index (χ2v) is 9.14. The van der Waals surface area contributed by atoms with E-state index in [1.807, 2.05) is 38.1 Å². The van der Waals surface area contributed by atoms with Crippen LogP contribution >= 0.6 is 7.37 Å². The van der Waals surface area contributed by atoms with Crippen molar-refractivity contribution in [3.05, 3.63) is 48.0 Å². The van der Waals surface area contributed by atoms with E-state index in [9.17, 15) is 9.67 Å². The molecule has 154 valence electrons. The minimum absolute atomic E-state index is 0.313. The molecule has 6 nitrogen and oxygen atoms in total. The van der Waals surface area contributed by atoms with Gasteiger partial charge in [0.05, 0.1) is 20.8 Å². The molecule has 0 fully saturated rings. The van der Waals surface area contributed by atoms with Gasteiger partial charge in [0.15, 0.2) is 17.3 Å². The van der Waals surface area contributed by atoms with Gasteiger partial charge in [-0.15, -0.1) is 0 Å². The molecule has 0 aliphatic carbocycles. The van der Waals surface area contributed by atoms with Crippen LogP contribution in [0.2, 0.25) is 0 Å². The predicted octanol–water partition coefficient (Wildman–Crippen LogP) is 4.18. The molecule has 2 atom stereocenters. The highest BCUT2D eigenvalue weighted by molar-refractivity contribution is 7.67. The lowest BCUT2D eigenvalue weighted by Gasteiger charge is -2.25. The Morgan fingerprint density at radius 3 is 2.21 bits per heavy atom. The molecule has 0 heterocycles. The number of rotatable bonds is 10. The molecule has 0 saturated heterocycles.